The van der Waals surface area contributed by atoms with E-state index >= 15 is 0 Å². The summed E-state index contributed by atoms with van der Waals surface area (Å²) < 4.78 is 25.9. The van der Waals surface area contributed by atoms with E-state index in [4.69, 9.17) is 0 Å². The minimum atomic E-state index is -3.73. The molecule has 0 aromatic heterocycles. The number of nitro benzene ring substituents is 1. The van der Waals surface area contributed by atoms with Gasteiger partial charge in [0.05, 0.1) is 9.82 Å². The molecule has 1 fully saturated rings. The van der Waals surface area contributed by atoms with Crippen LogP contribution in [-0.4, -0.2) is 39.5 Å². The second kappa shape index (κ2) is 7.30. The average molecular weight is 376 g/mol. The molecule has 8 nitrogen and oxygen atoms in total. The van der Waals surface area contributed by atoms with Gasteiger partial charge in [-0.2, -0.15) is 0 Å². The largest absolute Gasteiger partial charge is 0.375 e. The molecule has 2 aromatic rings. The molecule has 2 N–H and O–H groups in total. The van der Waals surface area contributed by atoms with Crippen molar-refractivity contribution in [1.82, 2.24) is 4.72 Å². The lowest BCUT2D eigenvalue weighted by atomic mass is 10.2. The van der Waals surface area contributed by atoms with Crippen LogP contribution in [0, 0.1) is 10.1 Å². The van der Waals surface area contributed by atoms with Crippen molar-refractivity contribution < 1.29 is 13.3 Å². The Balaban J connectivity index is 1.79. The molecule has 0 bridgehead atoms. The summed E-state index contributed by atoms with van der Waals surface area (Å²) in [5, 5.41) is 14.6. The van der Waals surface area contributed by atoms with E-state index in [1.807, 2.05) is 30.3 Å². The van der Waals surface area contributed by atoms with Crippen LogP contribution in [0.25, 0.3) is 0 Å². The Labute approximate surface area is 152 Å². The fourth-order valence-corrected chi connectivity index (χ4v) is 3.79. The molecule has 1 heterocycles. The summed E-state index contributed by atoms with van der Waals surface area (Å²) in [6.07, 6.45) is 0.836. The minimum absolute atomic E-state index is 0.0423. The van der Waals surface area contributed by atoms with Crippen LogP contribution < -0.4 is 14.9 Å². The molecule has 0 aliphatic carbocycles. The predicted molar refractivity (Wildman–Crippen MR) is 100 cm³/mol. The highest BCUT2D eigenvalue weighted by molar-refractivity contribution is 7.89. The highest BCUT2D eigenvalue weighted by atomic mass is 32.2. The van der Waals surface area contributed by atoms with Gasteiger partial charge in [0, 0.05) is 30.9 Å². The van der Waals surface area contributed by atoms with Crippen LogP contribution in [0.1, 0.15) is 6.42 Å². The molecule has 1 atom stereocenters. The lowest BCUT2D eigenvalue weighted by Gasteiger charge is -2.19. The van der Waals surface area contributed by atoms with E-state index in [1.165, 1.54) is 19.2 Å². The van der Waals surface area contributed by atoms with Crippen molar-refractivity contribution in [1.29, 1.82) is 0 Å². The van der Waals surface area contributed by atoms with Crippen molar-refractivity contribution in [3.63, 3.8) is 0 Å². The number of hydrogen-bond acceptors (Lipinski definition) is 6. The second-order valence-corrected chi connectivity index (χ2v) is 7.94. The van der Waals surface area contributed by atoms with Gasteiger partial charge in [-0.1, -0.05) is 18.2 Å². The summed E-state index contributed by atoms with van der Waals surface area (Å²) in [5.74, 6) is 0. The third-order valence-corrected chi connectivity index (χ3v) is 5.83. The Morgan fingerprint density at radius 1 is 1.19 bits per heavy atom. The van der Waals surface area contributed by atoms with E-state index in [0.29, 0.717) is 5.69 Å². The summed E-state index contributed by atoms with van der Waals surface area (Å²) in [5.41, 5.74) is 1.19. The molecule has 0 amide bonds. The van der Waals surface area contributed by atoms with Crippen LogP contribution in [0.4, 0.5) is 17.1 Å². The SMILES string of the molecule is CNS(=O)(=O)c1ccc(NC2CCN(c3ccccc3)C2)c([N+](=O)[O-])c1. The molecule has 1 saturated heterocycles. The Hall–Kier alpha value is -2.65. The summed E-state index contributed by atoms with van der Waals surface area (Å²) in [4.78, 5) is 12.9. The third-order valence-electron chi connectivity index (χ3n) is 4.41. The maximum absolute atomic E-state index is 11.9. The van der Waals surface area contributed by atoms with Crippen LogP contribution in [0.5, 0.6) is 0 Å². The number of nitrogens with one attached hydrogen (secondary N) is 2. The molecule has 0 saturated carbocycles. The van der Waals surface area contributed by atoms with Gasteiger partial charge >= 0.3 is 0 Å². The number of anilines is 2. The van der Waals surface area contributed by atoms with Crippen molar-refractivity contribution >= 4 is 27.1 Å². The van der Waals surface area contributed by atoms with Gasteiger partial charge in [0.25, 0.3) is 5.69 Å². The van der Waals surface area contributed by atoms with Crippen molar-refractivity contribution in [3.8, 4) is 0 Å². The molecule has 9 heteroatoms. The van der Waals surface area contributed by atoms with E-state index < -0.39 is 14.9 Å². The van der Waals surface area contributed by atoms with E-state index in [-0.39, 0.29) is 16.6 Å². The summed E-state index contributed by atoms with van der Waals surface area (Å²) >= 11 is 0. The lowest BCUT2D eigenvalue weighted by molar-refractivity contribution is -0.384. The minimum Gasteiger partial charge on any atom is -0.375 e. The molecule has 1 unspecified atom stereocenters. The summed E-state index contributed by atoms with van der Waals surface area (Å²) in [7, 11) is -2.47. The normalized spacial score (nSPS) is 17.3. The number of nitrogens with zero attached hydrogens (tertiary/aromatic N) is 2. The number of rotatable bonds is 6. The van der Waals surface area contributed by atoms with Gasteiger partial charge < -0.3 is 10.2 Å². The van der Waals surface area contributed by atoms with Gasteiger partial charge in [-0.25, -0.2) is 13.1 Å². The smallest absolute Gasteiger partial charge is 0.293 e. The van der Waals surface area contributed by atoms with E-state index in [1.54, 1.807) is 0 Å². The highest BCUT2D eigenvalue weighted by Gasteiger charge is 2.26. The van der Waals surface area contributed by atoms with Crippen LogP contribution in [0.15, 0.2) is 53.4 Å². The van der Waals surface area contributed by atoms with Crippen molar-refractivity contribution in [2.45, 2.75) is 17.4 Å². The number of nitro groups is 1. The zero-order valence-electron chi connectivity index (χ0n) is 14.3. The quantitative estimate of drug-likeness (QED) is 0.591. The second-order valence-electron chi connectivity index (χ2n) is 6.06. The van der Waals surface area contributed by atoms with Gasteiger partial charge in [0.15, 0.2) is 0 Å². The Morgan fingerprint density at radius 2 is 1.92 bits per heavy atom. The molecule has 0 radical (unpaired) electrons. The van der Waals surface area contributed by atoms with Crippen LogP contribution >= 0.6 is 0 Å². The molecule has 2 aromatic carbocycles. The average Bonchev–Trinajstić information content (AvgIpc) is 3.11. The van der Waals surface area contributed by atoms with Crippen LogP contribution in [0.3, 0.4) is 0 Å². The predicted octanol–water partition coefficient (Wildman–Crippen LogP) is 2.19. The van der Waals surface area contributed by atoms with Crippen LogP contribution in [0.2, 0.25) is 0 Å². The summed E-state index contributed by atoms with van der Waals surface area (Å²) in [6, 6.07) is 13.9. The Morgan fingerprint density at radius 3 is 2.58 bits per heavy atom. The van der Waals surface area contributed by atoms with Gasteiger partial charge in [-0.15, -0.1) is 0 Å². The number of hydrogen-bond donors (Lipinski definition) is 2. The molecule has 1 aliphatic rings. The zero-order chi connectivity index (χ0) is 18.7. The maximum atomic E-state index is 11.9. The van der Waals surface area contributed by atoms with Crippen LogP contribution in [-0.2, 0) is 10.0 Å². The first-order valence-electron chi connectivity index (χ1n) is 8.19. The standard InChI is InChI=1S/C17H20N4O4S/c1-18-26(24,25)15-7-8-16(17(11-15)21(22)23)19-13-9-10-20(12-13)14-5-3-2-4-6-14/h2-8,11,13,18-19H,9-10,12H2,1H3. The highest BCUT2D eigenvalue weighted by Crippen LogP contribution is 2.30. The first-order valence-corrected chi connectivity index (χ1v) is 9.67. The first-order chi connectivity index (χ1) is 12.4. The number of sulfonamides is 1. The van der Waals surface area contributed by atoms with Gasteiger partial charge in [0.2, 0.25) is 10.0 Å². The Kier molecular flexibility index (Phi) is 5.10. The van der Waals surface area contributed by atoms with Gasteiger partial charge in [0.1, 0.15) is 5.69 Å². The monoisotopic (exact) mass is 376 g/mol. The molecular weight excluding hydrogens is 356 g/mol. The number of benzene rings is 2. The van der Waals surface area contributed by atoms with E-state index in [9.17, 15) is 18.5 Å². The molecular formula is C17H20N4O4S. The van der Waals surface area contributed by atoms with Crippen molar-refractivity contribution in [2.75, 3.05) is 30.4 Å². The number of para-hydroxylation sites is 1. The topological polar surface area (TPSA) is 105 Å². The molecule has 26 heavy (non-hydrogen) atoms. The first kappa shape index (κ1) is 18.2. The molecule has 3 rings (SSSR count). The zero-order valence-corrected chi connectivity index (χ0v) is 15.1. The van der Waals surface area contributed by atoms with Gasteiger partial charge in [-0.05, 0) is 37.7 Å². The fourth-order valence-electron chi connectivity index (χ4n) is 3.04. The molecule has 138 valence electrons. The molecule has 1 aliphatic heterocycles. The third kappa shape index (κ3) is 3.78. The van der Waals surface area contributed by atoms with E-state index in [2.05, 4.69) is 14.9 Å². The summed E-state index contributed by atoms with van der Waals surface area (Å²) in [6.45, 7) is 1.57. The van der Waals surface area contributed by atoms with Crippen molar-refractivity contribution in [2.24, 2.45) is 0 Å². The van der Waals surface area contributed by atoms with E-state index in [0.717, 1.165) is 31.3 Å². The maximum Gasteiger partial charge on any atom is 0.293 e. The molecule has 0 spiro atoms. The Bertz CT molecular complexity index is 902. The lowest BCUT2D eigenvalue weighted by Crippen LogP contribution is -2.26. The fraction of sp³-hybridized carbons (Fsp3) is 0.294. The van der Waals surface area contributed by atoms with Gasteiger partial charge in [-0.3, -0.25) is 10.1 Å². The van der Waals surface area contributed by atoms with Crippen molar-refractivity contribution in [3.05, 3.63) is 58.6 Å².